The molecule has 2 aromatic carbocycles. The van der Waals surface area contributed by atoms with Crippen LogP contribution >= 0.6 is 0 Å². The summed E-state index contributed by atoms with van der Waals surface area (Å²) in [6.45, 7) is 0. The molecule has 0 atom stereocenters. The third kappa shape index (κ3) is 3.26. The van der Waals surface area contributed by atoms with Gasteiger partial charge in [-0.1, -0.05) is 36.4 Å². The molecule has 1 heterocycles. The fourth-order valence-electron chi connectivity index (χ4n) is 2.69. The van der Waals surface area contributed by atoms with E-state index in [1.165, 1.54) is 22.9 Å². The van der Waals surface area contributed by atoms with Crippen molar-refractivity contribution in [2.75, 3.05) is 0 Å². The summed E-state index contributed by atoms with van der Waals surface area (Å²) in [6.07, 6.45) is -4.45. The monoisotopic (exact) mass is 345 g/mol. The molecule has 1 amide bonds. The van der Waals surface area contributed by atoms with Crippen LogP contribution in [0.5, 0.6) is 0 Å². The van der Waals surface area contributed by atoms with Crippen LogP contribution < -0.4 is 5.73 Å². The van der Waals surface area contributed by atoms with Crippen LogP contribution in [0.4, 0.5) is 13.2 Å². The van der Waals surface area contributed by atoms with Gasteiger partial charge in [0.25, 0.3) is 5.91 Å². The molecule has 0 bridgehead atoms. The summed E-state index contributed by atoms with van der Waals surface area (Å²) in [5.41, 5.74) is 6.35. The molecule has 0 aliphatic rings. The number of aryl methyl sites for hydroxylation is 1. The average Bonchev–Trinajstić information content (AvgIpc) is 2.96. The average molecular weight is 345 g/mol. The van der Waals surface area contributed by atoms with Crippen molar-refractivity contribution in [2.24, 2.45) is 12.8 Å². The lowest BCUT2D eigenvalue weighted by Gasteiger charge is -2.13. The molecule has 1 aromatic heterocycles. The van der Waals surface area contributed by atoms with Gasteiger partial charge in [-0.2, -0.15) is 18.3 Å². The van der Waals surface area contributed by atoms with E-state index in [-0.39, 0.29) is 11.3 Å². The summed E-state index contributed by atoms with van der Waals surface area (Å²) in [5.74, 6) is -0.666. The first kappa shape index (κ1) is 16.8. The number of hydrogen-bond acceptors (Lipinski definition) is 2. The fraction of sp³-hybridized carbons (Fsp3) is 0.111. The Hall–Kier alpha value is -3.09. The molecule has 0 aliphatic heterocycles. The van der Waals surface area contributed by atoms with E-state index in [1.807, 2.05) is 0 Å². The Morgan fingerprint density at radius 1 is 1.04 bits per heavy atom. The lowest BCUT2D eigenvalue weighted by Crippen LogP contribution is -2.11. The molecule has 128 valence electrons. The maximum atomic E-state index is 13.2. The first-order valence-corrected chi connectivity index (χ1v) is 7.38. The van der Waals surface area contributed by atoms with Gasteiger partial charge in [-0.15, -0.1) is 0 Å². The van der Waals surface area contributed by atoms with Crippen molar-refractivity contribution >= 4 is 5.91 Å². The number of halogens is 3. The van der Waals surface area contributed by atoms with E-state index >= 15 is 0 Å². The lowest BCUT2D eigenvalue weighted by atomic mass is 9.97. The Morgan fingerprint density at radius 2 is 1.72 bits per heavy atom. The van der Waals surface area contributed by atoms with Crippen molar-refractivity contribution in [3.05, 3.63) is 65.9 Å². The van der Waals surface area contributed by atoms with Gasteiger partial charge in [-0.3, -0.25) is 9.48 Å². The quantitative estimate of drug-likeness (QED) is 0.783. The van der Waals surface area contributed by atoms with Crippen molar-refractivity contribution in [2.45, 2.75) is 6.18 Å². The van der Waals surface area contributed by atoms with Gasteiger partial charge in [0, 0.05) is 12.6 Å². The zero-order valence-corrected chi connectivity index (χ0v) is 13.2. The summed E-state index contributed by atoms with van der Waals surface area (Å²) in [6, 6.07) is 13.6. The predicted molar refractivity (Wildman–Crippen MR) is 87.6 cm³/mol. The molecule has 4 nitrogen and oxygen atoms in total. The van der Waals surface area contributed by atoms with Gasteiger partial charge in [-0.25, -0.2) is 0 Å². The predicted octanol–water partition coefficient (Wildman–Crippen LogP) is 3.87. The van der Waals surface area contributed by atoms with Crippen molar-refractivity contribution in [1.29, 1.82) is 0 Å². The van der Waals surface area contributed by atoms with Crippen LogP contribution in [0, 0.1) is 0 Å². The van der Waals surface area contributed by atoms with Gasteiger partial charge >= 0.3 is 6.18 Å². The second-order valence-electron chi connectivity index (χ2n) is 5.53. The van der Waals surface area contributed by atoms with Crippen molar-refractivity contribution < 1.29 is 18.0 Å². The Labute approximate surface area is 141 Å². The number of nitrogens with zero attached hydrogens (tertiary/aromatic N) is 2. The standard InChI is InChI=1S/C18H14F3N3O/c1-24-16(10-15(23-24)17(22)25)12-6-4-5-11(9-12)13-7-2-3-8-14(13)18(19,20)21/h2-10H,1H3,(H2,22,25). The van der Waals surface area contributed by atoms with Gasteiger partial charge in [0.05, 0.1) is 11.3 Å². The molecule has 3 aromatic rings. The Balaban J connectivity index is 2.12. The minimum atomic E-state index is -4.45. The number of aromatic nitrogens is 2. The van der Waals surface area contributed by atoms with Crippen LogP contribution in [0.1, 0.15) is 16.1 Å². The smallest absolute Gasteiger partial charge is 0.364 e. The molecule has 0 saturated heterocycles. The highest BCUT2D eigenvalue weighted by Crippen LogP contribution is 2.37. The maximum Gasteiger partial charge on any atom is 0.417 e. The van der Waals surface area contributed by atoms with E-state index in [0.717, 1.165) is 6.07 Å². The van der Waals surface area contributed by atoms with Crippen LogP contribution in [0.15, 0.2) is 54.6 Å². The summed E-state index contributed by atoms with van der Waals surface area (Å²) in [4.78, 5) is 11.3. The number of carbonyl (C=O) groups is 1. The number of nitrogens with two attached hydrogens (primary N) is 1. The zero-order chi connectivity index (χ0) is 18.2. The van der Waals surface area contributed by atoms with E-state index in [0.29, 0.717) is 16.8 Å². The van der Waals surface area contributed by atoms with Crippen LogP contribution in [-0.4, -0.2) is 15.7 Å². The van der Waals surface area contributed by atoms with Gasteiger partial charge in [0.15, 0.2) is 5.69 Å². The summed E-state index contributed by atoms with van der Waals surface area (Å²) < 4.78 is 41.2. The fourth-order valence-corrected chi connectivity index (χ4v) is 2.69. The number of rotatable bonds is 3. The number of benzene rings is 2. The highest BCUT2D eigenvalue weighted by atomic mass is 19.4. The SMILES string of the molecule is Cn1nc(C(N)=O)cc1-c1cccc(-c2ccccc2C(F)(F)F)c1. The van der Waals surface area contributed by atoms with E-state index in [1.54, 1.807) is 37.4 Å². The molecule has 0 fully saturated rings. The second kappa shape index (κ2) is 6.08. The molecule has 3 rings (SSSR count). The highest BCUT2D eigenvalue weighted by molar-refractivity contribution is 5.92. The van der Waals surface area contributed by atoms with Crippen LogP contribution in [0.2, 0.25) is 0 Å². The Bertz CT molecular complexity index is 945. The van der Waals surface area contributed by atoms with E-state index in [9.17, 15) is 18.0 Å². The Morgan fingerprint density at radius 3 is 2.36 bits per heavy atom. The molecule has 25 heavy (non-hydrogen) atoms. The Kier molecular flexibility index (Phi) is 4.08. The van der Waals surface area contributed by atoms with Gasteiger partial charge in [-0.05, 0) is 29.3 Å². The first-order valence-electron chi connectivity index (χ1n) is 7.38. The normalized spacial score (nSPS) is 11.5. The molecule has 2 N–H and O–H groups in total. The molecule has 0 saturated carbocycles. The minimum Gasteiger partial charge on any atom is -0.364 e. The summed E-state index contributed by atoms with van der Waals surface area (Å²) in [5, 5.41) is 4.01. The van der Waals surface area contributed by atoms with Crippen molar-refractivity contribution in [3.63, 3.8) is 0 Å². The zero-order valence-electron chi connectivity index (χ0n) is 13.2. The number of primary amides is 1. The molecule has 0 radical (unpaired) electrons. The lowest BCUT2D eigenvalue weighted by molar-refractivity contribution is -0.137. The van der Waals surface area contributed by atoms with Crippen LogP contribution in [-0.2, 0) is 13.2 Å². The summed E-state index contributed by atoms with van der Waals surface area (Å²) in [7, 11) is 1.64. The molecule has 0 unspecified atom stereocenters. The number of alkyl halides is 3. The number of amides is 1. The van der Waals surface area contributed by atoms with E-state index in [2.05, 4.69) is 5.10 Å². The molecule has 0 spiro atoms. The van der Waals surface area contributed by atoms with Gasteiger partial charge < -0.3 is 5.73 Å². The van der Waals surface area contributed by atoms with Gasteiger partial charge in [0.1, 0.15) is 0 Å². The number of carbonyl (C=O) groups excluding carboxylic acids is 1. The first-order chi connectivity index (χ1) is 11.8. The van der Waals surface area contributed by atoms with E-state index in [4.69, 9.17) is 5.73 Å². The molecule has 7 heteroatoms. The molecular weight excluding hydrogens is 331 g/mol. The minimum absolute atomic E-state index is 0.0918. The molecule has 0 aliphatic carbocycles. The van der Waals surface area contributed by atoms with Crippen LogP contribution in [0.3, 0.4) is 0 Å². The summed E-state index contributed by atoms with van der Waals surface area (Å²) >= 11 is 0. The van der Waals surface area contributed by atoms with Crippen molar-refractivity contribution in [1.82, 2.24) is 9.78 Å². The van der Waals surface area contributed by atoms with E-state index < -0.39 is 17.6 Å². The van der Waals surface area contributed by atoms with Crippen LogP contribution in [0.25, 0.3) is 22.4 Å². The molecular formula is C18H14F3N3O. The van der Waals surface area contributed by atoms with Gasteiger partial charge in [0.2, 0.25) is 0 Å². The van der Waals surface area contributed by atoms with Crippen molar-refractivity contribution in [3.8, 4) is 22.4 Å². The second-order valence-corrected chi connectivity index (χ2v) is 5.53. The maximum absolute atomic E-state index is 13.2. The third-order valence-corrected chi connectivity index (χ3v) is 3.83. The highest BCUT2D eigenvalue weighted by Gasteiger charge is 2.33. The largest absolute Gasteiger partial charge is 0.417 e. The topological polar surface area (TPSA) is 60.9 Å². The number of hydrogen-bond donors (Lipinski definition) is 1. The third-order valence-electron chi connectivity index (χ3n) is 3.83.